The van der Waals surface area contributed by atoms with Gasteiger partial charge in [-0.2, -0.15) is 5.26 Å². The van der Waals surface area contributed by atoms with E-state index in [-0.39, 0.29) is 28.2 Å². The maximum atomic E-state index is 11.9. The SMILES string of the molecule is COC(=O)c1c(N)c(C#N)cn1-c1cccc(Br)c1C(=O)O. The Morgan fingerprint density at radius 1 is 1.45 bits per heavy atom. The normalized spacial score (nSPS) is 10.0. The molecule has 1 aromatic carbocycles. The minimum atomic E-state index is -1.19. The Bertz CT molecular complexity index is 820. The van der Waals surface area contributed by atoms with Crippen LogP contribution in [0, 0.1) is 11.3 Å². The van der Waals surface area contributed by atoms with Crippen LogP contribution in [0.15, 0.2) is 28.9 Å². The lowest BCUT2D eigenvalue weighted by Gasteiger charge is -2.12. The number of hydrogen-bond acceptors (Lipinski definition) is 5. The molecule has 1 heterocycles. The maximum Gasteiger partial charge on any atom is 0.357 e. The summed E-state index contributed by atoms with van der Waals surface area (Å²) >= 11 is 3.16. The van der Waals surface area contributed by atoms with Crippen LogP contribution >= 0.6 is 15.9 Å². The van der Waals surface area contributed by atoms with Crippen molar-refractivity contribution in [2.45, 2.75) is 0 Å². The molecule has 0 fully saturated rings. The molecule has 0 aliphatic heterocycles. The second-order valence-electron chi connectivity index (χ2n) is 4.22. The lowest BCUT2D eigenvalue weighted by atomic mass is 10.1. The van der Waals surface area contributed by atoms with E-state index in [2.05, 4.69) is 20.7 Å². The number of carbonyl (C=O) groups is 2. The number of aromatic nitrogens is 1. The summed E-state index contributed by atoms with van der Waals surface area (Å²) in [6, 6.07) is 6.52. The highest BCUT2D eigenvalue weighted by atomic mass is 79.9. The molecule has 0 spiro atoms. The van der Waals surface area contributed by atoms with E-state index in [0.717, 1.165) is 0 Å². The molecule has 0 aliphatic rings. The minimum Gasteiger partial charge on any atom is -0.478 e. The van der Waals surface area contributed by atoms with Crippen molar-refractivity contribution in [1.82, 2.24) is 4.57 Å². The first-order valence-corrected chi connectivity index (χ1v) is 6.73. The number of benzene rings is 1. The molecule has 0 radical (unpaired) electrons. The number of ether oxygens (including phenoxy) is 1. The van der Waals surface area contributed by atoms with Crippen LogP contribution in [-0.4, -0.2) is 28.7 Å². The zero-order valence-corrected chi connectivity index (χ0v) is 12.9. The second kappa shape index (κ2) is 5.91. The van der Waals surface area contributed by atoms with E-state index >= 15 is 0 Å². The van der Waals surface area contributed by atoms with E-state index in [0.29, 0.717) is 4.47 Å². The van der Waals surface area contributed by atoms with Crippen LogP contribution < -0.4 is 5.73 Å². The Morgan fingerprint density at radius 2 is 2.14 bits per heavy atom. The Morgan fingerprint density at radius 3 is 2.68 bits per heavy atom. The number of carbonyl (C=O) groups excluding carboxylic acids is 1. The average Bonchev–Trinajstić information content (AvgIpc) is 2.82. The minimum absolute atomic E-state index is 0.0525. The van der Waals surface area contributed by atoms with Gasteiger partial charge in [0.2, 0.25) is 0 Å². The second-order valence-corrected chi connectivity index (χ2v) is 5.07. The molecule has 2 rings (SSSR count). The number of nitrogens with zero attached hydrogens (tertiary/aromatic N) is 2. The van der Waals surface area contributed by atoms with Gasteiger partial charge >= 0.3 is 11.9 Å². The number of nitrogen functional groups attached to an aromatic ring is 1. The van der Waals surface area contributed by atoms with Gasteiger partial charge in [-0.15, -0.1) is 0 Å². The van der Waals surface area contributed by atoms with E-state index in [1.54, 1.807) is 12.1 Å². The summed E-state index contributed by atoms with van der Waals surface area (Å²) < 4.78 is 6.24. The molecule has 0 bridgehead atoms. The highest BCUT2D eigenvalue weighted by molar-refractivity contribution is 9.10. The zero-order chi connectivity index (χ0) is 16.4. The van der Waals surface area contributed by atoms with Gasteiger partial charge in [-0.25, -0.2) is 9.59 Å². The number of rotatable bonds is 3. The van der Waals surface area contributed by atoms with Crippen molar-refractivity contribution < 1.29 is 19.4 Å². The van der Waals surface area contributed by atoms with E-state index in [1.807, 2.05) is 6.07 Å². The van der Waals surface area contributed by atoms with E-state index in [4.69, 9.17) is 11.0 Å². The van der Waals surface area contributed by atoms with E-state index in [9.17, 15) is 14.7 Å². The number of halogens is 1. The van der Waals surface area contributed by atoms with Gasteiger partial charge in [-0.1, -0.05) is 6.07 Å². The van der Waals surface area contributed by atoms with Gasteiger partial charge in [0.15, 0.2) is 5.69 Å². The molecular weight excluding hydrogens is 354 g/mol. The number of anilines is 1. The number of carboxylic acids is 1. The molecule has 0 unspecified atom stereocenters. The summed E-state index contributed by atoms with van der Waals surface area (Å²) in [5.41, 5.74) is 5.81. The fourth-order valence-corrected chi connectivity index (χ4v) is 2.56. The molecule has 0 amide bonds. The molecular formula is C14H10BrN3O4. The van der Waals surface area contributed by atoms with Crippen molar-refractivity contribution in [3.8, 4) is 11.8 Å². The third kappa shape index (κ3) is 2.42. The number of hydrogen-bond donors (Lipinski definition) is 2. The molecule has 1 aromatic heterocycles. The van der Waals surface area contributed by atoms with Gasteiger partial charge in [-0.3, -0.25) is 0 Å². The summed E-state index contributed by atoms with van der Waals surface area (Å²) in [5.74, 6) is -1.96. The van der Waals surface area contributed by atoms with Crippen molar-refractivity contribution in [3.63, 3.8) is 0 Å². The third-order valence-corrected chi connectivity index (χ3v) is 3.67. The number of nitriles is 1. The number of aromatic carboxylic acids is 1. The van der Waals surface area contributed by atoms with Crippen LogP contribution in [0.4, 0.5) is 5.69 Å². The van der Waals surface area contributed by atoms with Crippen molar-refractivity contribution in [3.05, 3.63) is 45.7 Å². The molecule has 112 valence electrons. The molecule has 0 atom stereocenters. The first-order valence-electron chi connectivity index (χ1n) is 5.93. The van der Waals surface area contributed by atoms with Crippen molar-refractivity contribution in [2.75, 3.05) is 12.8 Å². The predicted octanol–water partition coefficient (Wildman–Crippen LogP) is 2.18. The fourth-order valence-electron chi connectivity index (χ4n) is 2.03. The first-order chi connectivity index (χ1) is 10.4. The largest absolute Gasteiger partial charge is 0.478 e. The van der Waals surface area contributed by atoms with Crippen LogP contribution in [0.25, 0.3) is 5.69 Å². The maximum absolute atomic E-state index is 11.9. The van der Waals surface area contributed by atoms with Crippen molar-refractivity contribution >= 4 is 33.6 Å². The van der Waals surface area contributed by atoms with Gasteiger partial charge in [0.05, 0.1) is 29.6 Å². The molecule has 22 heavy (non-hydrogen) atoms. The molecule has 2 aromatic rings. The van der Waals surface area contributed by atoms with E-state index < -0.39 is 11.9 Å². The van der Waals surface area contributed by atoms with Crippen LogP contribution in [0.2, 0.25) is 0 Å². The number of methoxy groups -OCH3 is 1. The zero-order valence-electron chi connectivity index (χ0n) is 11.3. The van der Waals surface area contributed by atoms with Gasteiger partial charge in [0, 0.05) is 10.7 Å². The molecule has 7 nitrogen and oxygen atoms in total. The molecule has 3 N–H and O–H groups in total. The van der Waals surface area contributed by atoms with Gasteiger partial charge in [0.25, 0.3) is 0 Å². The first kappa shape index (κ1) is 15.6. The van der Waals surface area contributed by atoms with Gasteiger partial charge < -0.3 is 20.1 Å². The van der Waals surface area contributed by atoms with Crippen LogP contribution in [0.3, 0.4) is 0 Å². The topological polar surface area (TPSA) is 118 Å². The highest BCUT2D eigenvalue weighted by Crippen LogP contribution is 2.29. The fraction of sp³-hybridized carbons (Fsp3) is 0.0714. The Kier molecular flexibility index (Phi) is 4.19. The van der Waals surface area contributed by atoms with Crippen LogP contribution in [0.5, 0.6) is 0 Å². The van der Waals surface area contributed by atoms with Crippen LogP contribution in [-0.2, 0) is 4.74 Å². The summed E-state index contributed by atoms with van der Waals surface area (Å²) in [7, 11) is 1.17. The Balaban J connectivity index is 2.85. The smallest absolute Gasteiger partial charge is 0.357 e. The lowest BCUT2D eigenvalue weighted by molar-refractivity contribution is 0.0590. The van der Waals surface area contributed by atoms with Gasteiger partial charge in [-0.05, 0) is 28.1 Å². The summed E-state index contributed by atoms with van der Waals surface area (Å²) in [4.78, 5) is 23.4. The lowest BCUT2D eigenvalue weighted by Crippen LogP contribution is -2.14. The predicted molar refractivity (Wildman–Crippen MR) is 80.9 cm³/mol. The Hall–Kier alpha value is -2.79. The van der Waals surface area contributed by atoms with Crippen molar-refractivity contribution in [1.29, 1.82) is 5.26 Å². The number of esters is 1. The molecule has 0 saturated carbocycles. The average molecular weight is 364 g/mol. The van der Waals surface area contributed by atoms with Gasteiger partial charge in [0.1, 0.15) is 6.07 Å². The molecule has 0 saturated heterocycles. The summed E-state index contributed by atoms with van der Waals surface area (Å²) in [6.45, 7) is 0. The number of nitrogens with two attached hydrogens (primary N) is 1. The Labute approximate surface area is 133 Å². The van der Waals surface area contributed by atoms with E-state index in [1.165, 1.54) is 23.9 Å². The monoisotopic (exact) mass is 363 g/mol. The van der Waals surface area contributed by atoms with Crippen LogP contribution in [0.1, 0.15) is 26.4 Å². The quantitative estimate of drug-likeness (QED) is 0.806. The molecule has 8 heteroatoms. The van der Waals surface area contributed by atoms with Crippen molar-refractivity contribution in [2.24, 2.45) is 0 Å². The standard InChI is InChI=1S/C14H10BrN3O4/c1-22-14(21)12-11(17)7(5-16)6-18(12)9-4-2-3-8(15)10(9)13(19)20/h2-4,6H,17H2,1H3,(H,19,20). The third-order valence-electron chi connectivity index (χ3n) is 3.01. The summed E-state index contributed by atoms with van der Waals surface area (Å²) in [5, 5.41) is 18.4. The summed E-state index contributed by atoms with van der Waals surface area (Å²) in [6.07, 6.45) is 1.30. The molecule has 0 aliphatic carbocycles. The highest BCUT2D eigenvalue weighted by Gasteiger charge is 2.25. The number of carboxylic acid groups (broad SMARTS) is 1.